The van der Waals surface area contributed by atoms with Gasteiger partial charge in [0.2, 0.25) is 0 Å². The molecule has 4 unspecified atom stereocenters. The molecule has 176 valence electrons. The zero-order valence-corrected chi connectivity index (χ0v) is 15.8. The summed E-state index contributed by atoms with van der Waals surface area (Å²) in [6.07, 6.45) is -15.4. The molecule has 2 aliphatic rings. The lowest BCUT2D eigenvalue weighted by Crippen LogP contribution is -2.64. The molecule has 0 radical (unpaired) electrons. The molecular weight excluding hydrogens is 416 g/mol. The van der Waals surface area contributed by atoms with Gasteiger partial charge in [-0.3, -0.25) is 0 Å². The Bertz CT molecular complexity index is 530. The van der Waals surface area contributed by atoms with Crippen LogP contribution in [-0.2, 0) is 28.5 Å². The van der Waals surface area contributed by atoms with Crippen LogP contribution < -0.4 is 0 Å². The normalized spacial score (nSPS) is 42.2. The van der Waals surface area contributed by atoms with Crippen molar-refractivity contribution in [2.75, 3.05) is 33.0 Å². The highest BCUT2D eigenvalue weighted by atomic mass is 16.7. The Morgan fingerprint density at radius 2 is 1.37 bits per heavy atom. The Kier molecular flexibility index (Phi) is 9.73. The molecule has 0 aromatic rings. The summed E-state index contributed by atoms with van der Waals surface area (Å²) in [7, 11) is 0. The van der Waals surface area contributed by atoms with E-state index in [9.17, 15) is 40.5 Å². The maximum atomic E-state index is 10.4. The highest BCUT2D eigenvalue weighted by molar-refractivity contribution is 5.67. The summed E-state index contributed by atoms with van der Waals surface area (Å²) in [4.78, 5) is 10.4. The second-order valence-corrected chi connectivity index (χ2v) is 6.82. The minimum absolute atomic E-state index is 0.135. The van der Waals surface area contributed by atoms with E-state index in [1.54, 1.807) is 0 Å². The van der Waals surface area contributed by atoms with Gasteiger partial charge >= 0.3 is 5.97 Å². The minimum Gasteiger partial charge on any atom is -0.480 e. The van der Waals surface area contributed by atoms with E-state index in [1.807, 2.05) is 0 Å². The van der Waals surface area contributed by atoms with Crippen LogP contribution in [0.5, 0.6) is 0 Å². The summed E-state index contributed by atoms with van der Waals surface area (Å²) >= 11 is 0. The van der Waals surface area contributed by atoms with Crippen LogP contribution in [0.4, 0.5) is 0 Å². The predicted molar refractivity (Wildman–Crippen MR) is 90.8 cm³/mol. The number of carbonyl (C=O) groups is 1. The van der Waals surface area contributed by atoms with E-state index in [4.69, 9.17) is 28.8 Å². The molecule has 0 bridgehead atoms. The van der Waals surface area contributed by atoms with Gasteiger partial charge in [-0.15, -0.1) is 0 Å². The second kappa shape index (κ2) is 11.6. The fraction of sp³-hybridized carbons (Fsp3) is 0.938. The highest BCUT2D eigenvalue weighted by Gasteiger charge is 2.50. The summed E-state index contributed by atoms with van der Waals surface area (Å²) in [5, 5.41) is 77.5. The van der Waals surface area contributed by atoms with Gasteiger partial charge < -0.3 is 64.5 Å². The first kappa shape index (κ1) is 25.3. The van der Waals surface area contributed by atoms with Crippen LogP contribution in [0.2, 0.25) is 0 Å². The third kappa shape index (κ3) is 6.03. The molecule has 2 heterocycles. The van der Waals surface area contributed by atoms with E-state index >= 15 is 0 Å². The molecule has 30 heavy (non-hydrogen) atoms. The first-order chi connectivity index (χ1) is 14.2. The van der Waals surface area contributed by atoms with Crippen molar-refractivity contribution in [3.8, 4) is 0 Å². The number of aliphatic hydroxyl groups is 7. The number of aliphatic hydroxyl groups excluding tert-OH is 7. The largest absolute Gasteiger partial charge is 0.480 e. The first-order valence-electron chi connectivity index (χ1n) is 9.20. The Morgan fingerprint density at radius 3 is 1.97 bits per heavy atom. The average molecular weight is 444 g/mol. The summed E-state index contributed by atoms with van der Waals surface area (Å²) in [6, 6.07) is 0. The summed E-state index contributed by atoms with van der Waals surface area (Å²) in [5.41, 5.74) is 0. The molecule has 8 N–H and O–H groups in total. The van der Waals surface area contributed by atoms with Crippen LogP contribution in [0.3, 0.4) is 0 Å². The predicted octanol–water partition coefficient (Wildman–Crippen LogP) is -5.27. The van der Waals surface area contributed by atoms with E-state index in [2.05, 4.69) is 0 Å². The summed E-state index contributed by atoms with van der Waals surface area (Å²) < 4.78 is 25.9. The molecule has 2 fully saturated rings. The Hall–Kier alpha value is -1.01. The Morgan fingerprint density at radius 1 is 0.767 bits per heavy atom. The number of ether oxygens (including phenoxy) is 5. The van der Waals surface area contributed by atoms with Crippen molar-refractivity contribution in [3.05, 3.63) is 0 Å². The van der Waals surface area contributed by atoms with Gasteiger partial charge in [0, 0.05) is 0 Å². The molecular formula is C16H28O14. The maximum Gasteiger partial charge on any atom is 0.329 e. The second-order valence-electron chi connectivity index (χ2n) is 6.82. The zero-order valence-electron chi connectivity index (χ0n) is 15.8. The van der Waals surface area contributed by atoms with E-state index in [-0.39, 0.29) is 13.2 Å². The van der Waals surface area contributed by atoms with Crippen molar-refractivity contribution in [2.45, 2.75) is 61.4 Å². The fourth-order valence-electron chi connectivity index (χ4n) is 3.08. The van der Waals surface area contributed by atoms with Gasteiger partial charge in [-0.2, -0.15) is 0 Å². The number of carboxylic acids is 1. The number of hydrogen-bond acceptors (Lipinski definition) is 13. The van der Waals surface area contributed by atoms with Crippen LogP contribution in [0.25, 0.3) is 0 Å². The summed E-state index contributed by atoms with van der Waals surface area (Å²) in [5.74, 6) is -1.17. The van der Waals surface area contributed by atoms with Gasteiger partial charge in [0.25, 0.3) is 0 Å². The lowest BCUT2D eigenvalue weighted by Gasteiger charge is -2.45. The topological polar surface area (TPSA) is 225 Å². The van der Waals surface area contributed by atoms with Crippen LogP contribution in [0, 0.1) is 0 Å². The lowest BCUT2D eigenvalue weighted by atomic mass is 9.97. The van der Waals surface area contributed by atoms with Crippen molar-refractivity contribution >= 4 is 5.97 Å². The van der Waals surface area contributed by atoms with Crippen molar-refractivity contribution in [2.24, 2.45) is 0 Å². The fourth-order valence-corrected chi connectivity index (χ4v) is 3.08. The molecule has 14 nitrogen and oxygen atoms in total. The Labute approximate surface area is 170 Å². The van der Waals surface area contributed by atoms with E-state index in [0.717, 1.165) is 0 Å². The van der Waals surface area contributed by atoms with Gasteiger partial charge in [0.15, 0.2) is 12.6 Å². The number of hydrogen-bond donors (Lipinski definition) is 8. The third-order valence-electron chi connectivity index (χ3n) is 4.70. The van der Waals surface area contributed by atoms with Gasteiger partial charge in [-0.25, -0.2) is 4.79 Å². The molecule has 0 amide bonds. The molecule has 14 heteroatoms. The molecule has 0 aliphatic carbocycles. The Balaban J connectivity index is 1.96. The monoisotopic (exact) mass is 444 g/mol. The molecule has 0 aromatic heterocycles. The highest BCUT2D eigenvalue weighted by Crippen LogP contribution is 2.29. The number of carboxylic acid groups (broad SMARTS) is 1. The third-order valence-corrected chi connectivity index (χ3v) is 4.70. The molecule has 0 saturated carbocycles. The van der Waals surface area contributed by atoms with Crippen LogP contribution >= 0.6 is 0 Å². The van der Waals surface area contributed by atoms with Crippen molar-refractivity contribution < 1.29 is 69.3 Å². The van der Waals surface area contributed by atoms with Crippen molar-refractivity contribution in [1.29, 1.82) is 0 Å². The molecule has 2 aliphatic heterocycles. The van der Waals surface area contributed by atoms with Crippen LogP contribution in [0.1, 0.15) is 0 Å². The molecule has 2 rings (SSSR count). The minimum atomic E-state index is -1.76. The van der Waals surface area contributed by atoms with Crippen molar-refractivity contribution in [1.82, 2.24) is 0 Å². The smallest absolute Gasteiger partial charge is 0.329 e. The number of aliphatic carboxylic acids is 1. The molecule has 2 saturated heterocycles. The SMILES string of the molecule is O=C(O)COCCO[C@@H]1OC(CO)[C@H](O[C@@H]2OC(CO)[C@H](O)[C@H](O)C2O)[C@H](O)C1O. The van der Waals surface area contributed by atoms with Gasteiger partial charge in [0.1, 0.15) is 55.4 Å². The number of rotatable bonds is 10. The van der Waals surface area contributed by atoms with Gasteiger partial charge in [-0.1, -0.05) is 0 Å². The van der Waals surface area contributed by atoms with Crippen LogP contribution in [0.15, 0.2) is 0 Å². The van der Waals surface area contributed by atoms with E-state index < -0.39 is 87.2 Å². The first-order valence-corrected chi connectivity index (χ1v) is 9.20. The van der Waals surface area contributed by atoms with Crippen LogP contribution in [-0.4, -0.2) is 141 Å². The quantitative estimate of drug-likeness (QED) is 0.147. The maximum absolute atomic E-state index is 10.4. The zero-order chi connectivity index (χ0) is 22.4. The average Bonchev–Trinajstić information content (AvgIpc) is 2.72. The summed E-state index contributed by atoms with van der Waals surface area (Å²) in [6.45, 7) is -2.25. The van der Waals surface area contributed by atoms with Gasteiger partial charge in [-0.05, 0) is 0 Å². The molecule has 0 spiro atoms. The van der Waals surface area contributed by atoms with Crippen molar-refractivity contribution in [3.63, 3.8) is 0 Å². The van der Waals surface area contributed by atoms with E-state index in [0.29, 0.717) is 0 Å². The lowest BCUT2D eigenvalue weighted by molar-refractivity contribution is -0.359. The van der Waals surface area contributed by atoms with Gasteiger partial charge in [0.05, 0.1) is 26.4 Å². The molecule has 10 atom stereocenters. The van der Waals surface area contributed by atoms with E-state index in [1.165, 1.54) is 0 Å². The molecule has 0 aromatic carbocycles. The standard InChI is InChI=1S/C16H28O14/c17-3-6-9(21)10(22)12(24)16(28-6)30-14-7(4-18)29-15(13(25)11(14)23)27-2-1-26-5-8(19)20/h6-7,9-18,21-25H,1-5H2,(H,19,20)/t6?,7?,9-,10-,11+,12?,13?,14-,15+,16-/m0/s1.